The quantitative estimate of drug-likeness (QED) is 0.399. The molecule has 1 aliphatic heterocycles. The van der Waals surface area contributed by atoms with E-state index in [1.807, 2.05) is 20.8 Å². The average Bonchev–Trinajstić information content (AvgIpc) is 2.83. The van der Waals surface area contributed by atoms with Gasteiger partial charge < -0.3 is 25.7 Å². The number of hydrogen-bond acceptors (Lipinski definition) is 6. The van der Waals surface area contributed by atoms with Crippen LogP contribution in [-0.2, 0) is 9.59 Å². The maximum atomic E-state index is 12.8. The molecule has 218 valence electrons. The number of aromatic carboxylic acids is 1. The van der Waals surface area contributed by atoms with Crippen LogP contribution in [0.25, 0.3) is 0 Å². The zero-order valence-electron chi connectivity index (χ0n) is 22.0. The Kier molecular flexibility index (Phi) is 10.9. The van der Waals surface area contributed by atoms with Gasteiger partial charge in [-0.3, -0.25) is 14.5 Å². The molecule has 2 aromatic rings. The summed E-state index contributed by atoms with van der Waals surface area (Å²) in [6.07, 6.45) is -5.08. The number of rotatable bonds is 6. The molecular weight excluding hydrogens is 557 g/mol. The molecule has 14 heteroatoms. The minimum absolute atomic E-state index is 0.0160. The van der Waals surface area contributed by atoms with Gasteiger partial charge in [0.25, 0.3) is 5.91 Å². The first-order valence-corrected chi connectivity index (χ1v) is 12.4. The highest BCUT2D eigenvalue weighted by Gasteiger charge is 2.38. The van der Waals surface area contributed by atoms with Crippen LogP contribution in [-0.4, -0.2) is 83.3 Å². The average molecular weight is 587 g/mol. The number of alkyl halides is 3. The Bertz CT molecular complexity index is 1220. The third-order valence-electron chi connectivity index (χ3n) is 5.44. The standard InChI is InChI=1S/C24H29ClN4O4.C2HF3O2/c1-24(2,3)27-21(30)15-28-10-12-29(13-11-28)20-9-6-17(23(32)33)14-19(20)26-22(31)16-4-7-18(25)8-5-16;3-2(4,5)1(6)7/h4-9,14H,10-13,15H2,1-3H3,(H,26,31)(H,27,30)(H,32,33);(H,6,7). The zero-order chi connectivity index (χ0) is 30.3. The number of aliphatic carboxylic acids is 1. The Labute approximate surface area is 233 Å². The number of carbonyl (C=O) groups is 4. The van der Waals surface area contributed by atoms with Crippen molar-refractivity contribution in [2.75, 3.05) is 42.9 Å². The highest BCUT2D eigenvalue weighted by atomic mass is 35.5. The first-order chi connectivity index (χ1) is 18.5. The third-order valence-corrected chi connectivity index (χ3v) is 5.69. The van der Waals surface area contributed by atoms with Crippen molar-refractivity contribution in [1.29, 1.82) is 0 Å². The molecule has 2 aromatic carbocycles. The second kappa shape index (κ2) is 13.5. The molecule has 1 saturated heterocycles. The molecule has 0 saturated carbocycles. The zero-order valence-corrected chi connectivity index (χ0v) is 22.8. The first kappa shape index (κ1) is 32.4. The molecular formula is C26H30ClF3N4O6. The maximum absolute atomic E-state index is 12.8. The molecule has 1 heterocycles. The van der Waals surface area contributed by atoms with Crippen LogP contribution in [0.2, 0.25) is 5.02 Å². The van der Waals surface area contributed by atoms with Gasteiger partial charge in [0, 0.05) is 42.3 Å². The Hall–Kier alpha value is -3.84. The summed E-state index contributed by atoms with van der Waals surface area (Å²) < 4.78 is 31.7. The molecule has 2 amide bonds. The van der Waals surface area contributed by atoms with Gasteiger partial charge in [-0.25, -0.2) is 9.59 Å². The smallest absolute Gasteiger partial charge is 0.478 e. The fraction of sp³-hybridized carbons (Fsp3) is 0.385. The Morgan fingerprint density at radius 2 is 1.43 bits per heavy atom. The molecule has 3 rings (SSSR count). The number of carboxylic acid groups (broad SMARTS) is 2. The van der Waals surface area contributed by atoms with Crippen LogP contribution < -0.4 is 15.5 Å². The van der Waals surface area contributed by atoms with Gasteiger partial charge in [-0.05, 0) is 63.2 Å². The van der Waals surface area contributed by atoms with Gasteiger partial charge in [0.1, 0.15) is 0 Å². The summed E-state index contributed by atoms with van der Waals surface area (Å²) >= 11 is 5.90. The summed E-state index contributed by atoms with van der Waals surface area (Å²) in [5.41, 5.74) is 1.39. The Morgan fingerprint density at radius 3 is 1.90 bits per heavy atom. The van der Waals surface area contributed by atoms with Crippen LogP contribution in [0.3, 0.4) is 0 Å². The van der Waals surface area contributed by atoms with E-state index in [2.05, 4.69) is 20.4 Å². The number of piperazine rings is 1. The van der Waals surface area contributed by atoms with E-state index in [4.69, 9.17) is 21.5 Å². The van der Waals surface area contributed by atoms with Crippen molar-refractivity contribution in [2.45, 2.75) is 32.5 Å². The highest BCUT2D eigenvalue weighted by Crippen LogP contribution is 2.29. The van der Waals surface area contributed by atoms with Gasteiger partial charge in [-0.1, -0.05) is 11.6 Å². The van der Waals surface area contributed by atoms with E-state index in [0.717, 1.165) is 5.69 Å². The van der Waals surface area contributed by atoms with Crippen LogP contribution in [0.1, 0.15) is 41.5 Å². The predicted octanol–water partition coefficient (Wildman–Crippen LogP) is 3.96. The molecule has 0 unspecified atom stereocenters. The van der Waals surface area contributed by atoms with Crippen molar-refractivity contribution >= 4 is 46.7 Å². The largest absolute Gasteiger partial charge is 0.490 e. The van der Waals surface area contributed by atoms with Crippen molar-refractivity contribution in [3.05, 3.63) is 58.6 Å². The number of nitrogens with one attached hydrogen (secondary N) is 2. The number of carboxylic acids is 2. The molecule has 0 atom stereocenters. The topological polar surface area (TPSA) is 139 Å². The summed E-state index contributed by atoms with van der Waals surface area (Å²) in [5.74, 6) is -4.20. The van der Waals surface area contributed by atoms with Crippen molar-refractivity contribution in [2.24, 2.45) is 0 Å². The molecule has 0 aromatic heterocycles. The molecule has 40 heavy (non-hydrogen) atoms. The van der Waals surface area contributed by atoms with Gasteiger partial charge >= 0.3 is 18.1 Å². The predicted molar refractivity (Wildman–Crippen MR) is 143 cm³/mol. The lowest BCUT2D eigenvalue weighted by molar-refractivity contribution is -0.192. The second-order valence-electron chi connectivity index (χ2n) is 9.86. The van der Waals surface area contributed by atoms with Crippen LogP contribution in [0.5, 0.6) is 0 Å². The molecule has 0 bridgehead atoms. The van der Waals surface area contributed by atoms with Gasteiger partial charge in [0.2, 0.25) is 5.91 Å². The molecule has 0 spiro atoms. The minimum atomic E-state index is -5.08. The van der Waals surface area contributed by atoms with E-state index in [1.165, 1.54) is 12.1 Å². The number of carbonyl (C=O) groups excluding carboxylic acids is 2. The van der Waals surface area contributed by atoms with Gasteiger partial charge in [0.05, 0.1) is 23.5 Å². The number of amides is 2. The summed E-state index contributed by atoms with van der Waals surface area (Å²) in [5, 5.41) is 22.9. The van der Waals surface area contributed by atoms with E-state index >= 15 is 0 Å². The molecule has 0 aliphatic carbocycles. The van der Waals surface area contributed by atoms with Crippen molar-refractivity contribution in [1.82, 2.24) is 10.2 Å². The lowest BCUT2D eigenvalue weighted by Gasteiger charge is -2.37. The number of hydrogen-bond donors (Lipinski definition) is 4. The van der Waals surface area contributed by atoms with Crippen LogP contribution in [0.15, 0.2) is 42.5 Å². The second-order valence-corrected chi connectivity index (χ2v) is 10.3. The number of benzene rings is 2. The summed E-state index contributed by atoms with van der Waals surface area (Å²) in [6, 6.07) is 11.2. The van der Waals surface area contributed by atoms with Gasteiger partial charge in [-0.2, -0.15) is 13.2 Å². The maximum Gasteiger partial charge on any atom is 0.490 e. The van der Waals surface area contributed by atoms with Crippen LogP contribution in [0, 0.1) is 0 Å². The summed E-state index contributed by atoms with van der Waals surface area (Å²) in [7, 11) is 0. The molecule has 0 radical (unpaired) electrons. The van der Waals surface area contributed by atoms with E-state index in [0.29, 0.717) is 49.0 Å². The molecule has 1 aliphatic rings. The fourth-order valence-electron chi connectivity index (χ4n) is 3.65. The van der Waals surface area contributed by atoms with E-state index < -0.39 is 18.1 Å². The monoisotopic (exact) mass is 586 g/mol. The lowest BCUT2D eigenvalue weighted by Crippen LogP contribution is -2.51. The molecule has 10 nitrogen and oxygen atoms in total. The van der Waals surface area contributed by atoms with Crippen molar-refractivity contribution in [3.63, 3.8) is 0 Å². The van der Waals surface area contributed by atoms with E-state index in [1.54, 1.807) is 30.3 Å². The fourth-order valence-corrected chi connectivity index (χ4v) is 3.77. The van der Waals surface area contributed by atoms with Crippen LogP contribution in [0.4, 0.5) is 24.5 Å². The van der Waals surface area contributed by atoms with Crippen molar-refractivity contribution < 1.29 is 42.6 Å². The Balaban J connectivity index is 0.000000708. The molecule has 1 fully saturated rings. The number of anilines is 2. The molecule has 4 N–H and O–H groups in total. The summed E-state index contributed by atoms with van der Waals surface area (Å²) in [4.78, 5) is 49.5. The SMILES string of the molecule is CC(C)(C)NC(=O)CN1CCN(c2ccc(C(=O)O)cc2NC(=O)c2ccc(Cl)cc2)CC1.O=C(O)C(F)(F)F. The minimum Gasteiger partial charge on any atom is -0.478 e. The third kappa shape index (κ3) is 10.4. The van der Waals surface area contributed by atoms with Crippen molar-refractivity contribution in [3.8, 4) is 0 Å². The van der Waals surface area contributed by atoms with Gasteiger partial charge in [0.15, 0.2) is 0 Å². The summed E-state index contributed by atoms with van der Waals surface area (Å²) in [6.45, 7) is 8.78. The van der Waals surface area contributed by atoms with E-state index in [-0.39, 0.29) is 22.9 Å². The van der Waals surface area contributed by atoms with E-state index in [9.17, 15) is 32.7 Å². The lowest BCUT2D eigenvalue weighted by atomic mass is 10.1. The highest BCUT2D eigenvalue weighted by molar-refractivity contribution is 6.30. The van der Waals surface area contributed by atoms with Crippen LogP contribution >= 0.6 is 11.6 Å². The number of halogens is 4. The first-order valence-electron chi connectivity index (χ1n) is 12.0. The Morgan fingerprint density at radius 1 is 0.900 bits per heavy atom. The van der Waals surface area contributed by atoms with Gasteiger partial charge in [-0.15, -0.1) is 0 Å². The normalized spacial score (nSPS) is 14.0. The number of nitrogens with zero attached hydrogens (tertiary/aromatic N) is 2.